The lowest BCUT2D eigenvalue weighted by Crippen LogP contribution is -2.31. The molecule has 0 spiro atoms. The van der Waals surface area contributed by atoms with Crippen molar-refractivity contribution in [1.29, 1.82) is 0 Å². The summed E-state index contributed by atoms with van der Waals surface area (Å²) in [5.74, 6) is -0.556. The topological polar surface area (TPSA) is 83.6 Å². The van der Waals surface area contributed by atoms with E-state index in [0.29, 0.717) is 12.3 Å². The summed E-state index contributed by atoms with van der Waals surface area (Å²) in [6.45, 7) is 3.89. The zero-order chi connectivity index (χ0) is 11.7. The molecule has 0 aromatic heterocycles. The number of halogens is 1. The van der Waals surface area contributed by atoms with Gasteiger partial charge in [-0.15, -0.1) is 12.4 Å². The molecule has 1 amide bonds. The van der Waals surface area contributed by atoms with Crippen LogP contribution in [-0.2, 0) is 9.59 Å². The van der Waals surface area contributed by atoms with Crippen molar-refractivity contribution in [3.8, 4) is 0 Å². The summed E-state index contributed by atoms with van der Waals surface area (Å²) < 4.78 is 0. The molecule has 0 aliphatic heterocycles. The number of aliphatic carboxylic acids is 1. The third kappa shape index (κ3) is 19.6. The fourth-order valence-corrected chi connectivity index (χ4v) is 0.609. The number of amides is 1. The molecule has 0 aliphatic rings. The largest absolute Gasteiger partial charge is 0.480 e. The number of nitrogens with two attached hydrogens (primary N) is 1. The second-order valence-corrected chi connectivity index (χ2v) is 3.64. The molecule has 0 saturated carbocycles. The Hall–Kier alpha value is -0.810. The average molecular weight is 241 g/mol. The lowest BCUT2D eigenvalue weighted by molar-refractivity contribution is -0.138. The van der Waals surface area contributed by atoms with Crippen molar-refractivity contribution in [3.63, 3.8) is 0 Å². The zero-order valence-corrected chi connectivity index (χ0v) is 10.5. The molecule has 0 fully saturated rings. The maximum absolute atomic E-state index is 10.1. The van der Waals surface area contributed by atoms with Crippen LogP contribution in [0.4, 0.5) is 0 Å². The van der Waals surface area contributed by atoms with Crippen molar-refractivity contribution in [3.05, 3.63) is 0 Å². The van der Waals surface area contributed by atoms with E-state index in [2.05, 4.69) is 0 Å². The quantitative estimate of drug-likeness (QED) is 0.704. The Morgan fingerprint density at radius 3 is 1.87 bits per heavy atom. The summed E-state index contributed by atoms with van der Waals surface area (Å²) in [7, 11) is 3.38. The molecule has 1 unspecified atom stereocenters. The lowest BCUT2D eigenvalue weighted by atomic mass is 10.1. The molecular formula is C9H21ClN2O3. The van der Waals surface area contributed by atoms with Gasteiger partial charge in [0.1, 0.15) is 6.04 Å². The highest BCUT2D eigenvalue weighted by Crippen LogP contribution is 2.01. The molecular weight excluding hydrogens is 220 g/mol. The molecule has 0 bridgehead atoms. The van der Waals surface area contributed by atoms with Gasteiger partial charge in [-0.05, 0) is 12.3 Å². The summed E-state index contributed by atoms with van der Waals surface area (Å²) in [5.41, 5.74) is 5.22. The van der Waals surface area contributed by atoms with Gasteiger partial charge in [-0.2, -0.15) is 0 Å². The molecule has 92 valence electrons. The Kier molecular flexibility index (Phi) is 14.8. The molecule has 0 aromatic carbocycles. The second-order valence-electron chi connectivity index (χ2n) is 3.64. The number of carboxylic acid groups (broad SMARTS) is 1. The first-order valence-electron chi connectivity index (χ1n) is 4.41. The molecule has 5 nitrogen and oxygen atoms in total. The van der Waals surface area contributed by atoms with Crippen LogP contribution >= 0.6 is 12.4 Å². The first-order chi connectivity index (χ1) is 6.31. The predicted octanol–water partition coefficient (Wildman–Crippen LogP) is 0.571. The summed E-state index contributed by atoms with van der Waals surface area (Å²) in [6.07, 6.45) is 1.30. The van der Waals surface area contributed by atoms with E-state index >= 15 is 0 Å². The summed E-state index contributed by atoms with van der Waals surface area (Å²) >= 11 is 0. The Balaban J connectivity index is -0.000000208. The lowest BCUT2D eigenvalue weighted by Gasteiger charge is -2.07. The van der Waals surface area contributed by atoms with Crippen molar-refractivity contribution in [2.45, 2.75) is 26.3 Å². The number of hydrogen-bond acceptors (Lipinski definition) is 3. The van der Waals surface area contributed by atoms with Crippen molar-refractivity contribution < 1.29 is 14.7 Å². The number of rotatable bonds is 4. The average Bonchev–Trinajstić information content (AvgIpc) is 2.04. The standard InChI is InChI=1S/C6H13NO2.C3H7NO.ClH/c1-4(2)3-5(7)6(8)9;1-4(2)3-5;/h4-5H,3,7H2,1-2H3,(H,8,9);3H,1-2H3;1H. The number of hydrogen-bond donors (Lipinski definition) is 2. The van der Waals surface area contributed by atoms with Crippen molar-refractivity contribution in [2.75, 3.05) is 14.1 Å². The number of carbonyl (C=O) groups is 2. The minimum Gasteiger partial charge on any atom is -0.480 e. The Bertz CT molecular complexity index is 175. The van der Waals surface area contributed by atoms with Crippen LogP contribution < -0.4 is 5.73 Å². The molecule has 0 aromatic rings. The summed E-state index contributed by atoms with van der Waals surface area (Å²) in [4.78, 5) is 21.0. The van der Waals surface area contributed by atoms with Gasteiger partial charge in [-0.25, -0.2) is 0 Å². The number of carboxylic acids is 1. The van der Waals surface area contributed by atoms with Crippen LogP contribution in [0.5, 0.6) is 0 Å². The van der Waals surface area contributed by atoms with Gasteiger partial charge in [-0.3, -0.25) is 9.59 Å². The third-order valence-electron chi connectivity index (χ3n) is 1.25. The van der Waals surface area contributed by atoms with Gasteiger partial charge in [0.15, 0.2) is 0 Å². The van der Waals surface area contributed by atoms with Crippen LogP contribution in [0.15, 0.2) is 0 Å². The van der Waals surface area contributed by atoms with Gasteiger partial charge in [0.2, 0.25) is 6.41 Å². The van der Waals surface area contributed by atoms with Crippen LogP contribution in [0, 0.1) is 5.92 Å². The second kappa shape index (κ2) is 11.3. The highest BCUT2D eigenvalue weighted by atomic mass is 35.5. The fourth-order valence-electron chi connectivity index (χ4n) is 0.609. The van der Waals surface area contributed by atoms with E-state index in [1.54, 1.807) is 14.1 Å². The minimum atomic E-state index is -0.913. The zero-order valence-electron chi connectivity index (χ0n) is 9.64. The normalized spacial score (nSPS) is 10.5. The first kappa shape index (κ1) is 19.7. The summed E-state index contributed by atoms with van der Waals surface area (Å²) in [5, 5.41) is 8.31. The van der Waals surface area contributed by atoms with Gasteiger partial charge >= 0.3 is 5.97 Å². The van der Waals surface area contributed by atoms with E-state index in [4.69, 9.17) is 10.8 Å². The Labute approximate surface area is 97.0 Å². The monoisotopic (exact) mass is 240 g/mol. The molecule has 6 heteroatoms. The van der Waals surface area contributed by atoms with Gasteiger partial charge in [-0.1, -0.05) is 13.8 Å². The van der Waals surface area contributed by atoms with E-state index in [0.717, 1.165) is 6.41 Å². The van der Waals surface area contributed by atoms with Gasteiger partial charge in [0, 0.05) is 14.1 Å². The SMILES string of the molecule is CC(C)CC(N)C(=O)O.CN(C)C=O.Cl. The van der Waals surface area contributed by atoms with Crippen molar-refractivity contribution in [2.24, 2.45) is 11.7 Å². The van der Waals surface area contributed by atoms with E-state index < -0.39 is 12.0 Å². The fraction of sp³-hybridized carbons (Fsp3) is 0.778. The molecule has 0 heterocycles. The smallest absolute Gasteiger partial charge is 0.320 e. The van der Waals surface area contributed by atoms with Crippen LogP contribution in [-0.4, -0.2) is 42.5 Å². The van der Waals surface area contributed by atoms with Gasteiger partial charge in [0.05, 0.1) is 0 Å². The Morgan fingerprint density at radius 1 is 1.47 bits per heavy atom. The van der Waals surface area contributed by atoms with Crippen molar-refractivity contribution >= 4 is 24.8 Å². The van der Waals surface area contributed by atoms with Crippen LogP contribution in [0.3, 0.4) is 0 Å². The minimum absolute atomic E-state index is 0. The van der Waals surface area contributed by atoms with E-state index in [1.807, 2.05) is 13.8 Å². The van der Waals surface area contributed by atoms with E-state index in [-0.39, 0.29) is 12.4 Å². The Morgan fingerprint density at radius 2 is 1.80 bits per heavy atom. The number of nitrogens with zero attached hydrogens (tertiary/aromatic N) is 1. The summed E-state index contributed by atoms with van der Waals surface area (Å²) in [6, 6.07) is -0.690. The first-order valence-corrected chi connectivity index (χ1v) is 4.41. The molecule has 0 aliphatic carbocycles. The van der Waals surface area contributed by atoms with Crippen LogP contribution in [0.25, 0.3) is 0 Å². The highest BCUT2D eigenvalue weighted by molar-refractivity contribution is 5.85. The van der Waals surface area contributed by atoms with Gasteiger partial charge in [0.25, 0.3) is 0 Å². The molecule has 0 radical (unpaired) electrons. The van der Waals surface area contributed by atoms with Gasteiger partial charge < -0.3 is 15.7 Å². The van der Waals surface area contributed by atoms with Crippen LogP contribution in [0.2, 0.25) is 0 Å². The molecule has 15 heavy (non-hydrogen) atoms. The molecule has 0 saturated heterocycles. The maximum Gasteiger partial charge on any atom is 0.320 e. The maximum atomic E-state index is 10.1. The molecule has 1 atom stereocenters. The predicted molar refractivity (Wildman–Crippen MR) is 62.1 cm³/mol. The third-order valence-corrected chi connectivity index (χ3v) is 1.25. The highest BCUT2D eigenvalue weighted by Gasteiger charge is 2.11. The number of carbonyl (C=O) groups excluding carboxylic acids is 1. The van der Waals surface area contributed by atoms with E-state index in [1.165, 1.54) is 4.90 Å². The molecule has 0 rings (SSSR count). The molecule has 3 N–H and O–H groups in total. The van der Waals surface area contributed by atoms with Crippen molar-refractivity contribution in [1.82, 2.24) is 4.90 Å². The van der Waals surface area contributed by atoms with Crippen LogP contribution in [0.1, 0.15) is 20.3 Å². The van der Waals surface area contributed by atoms with E-state index in [9.17, 15) is 9.59 Å².